The Labute approximate surface area is 205 Å². The molecule has 2 amide bonds. The number of carboxylic acid groups (broad SMARTS) is 1. The molecule has 0 saturated carbocycles. The Morgan fingerprint density at radius 1 is 1.06 bits per heavy atom. The lowest BCUT2D eigenvalue weighted by atomic mass is 9.91. The first-order valence-corrected chi connectivity index (χ1v) is 12.1. The number of thiazole rings is 1. The van der Waals surface area contributed by atoms with E-state index in [9.17, 15) is 19.5 Å². The second kappa shape index (κ2) is 9.71. The van der Waals surface area contributed by atoms with Gasteiger partial charge < -0.3 is 15.2 Å². The van der Waals surface area contributed by atoms with Crippen LogP contribution in [0.25, 0.3) is 11.1 Å². The largest absolute Gasteiger partial charge is 0.481 e. The molecule has 1 aromatic heterocycles. The highest BCUT2D eigenvalue weighted by atomic mass is 32.1. The number of ether oxygens (including phenoxy) is 1. The fourth-order valence-electron chi connectivity index (χ4n) is 4.60. The minimum Gasteiger partial charge on any atom is -0.481 e. The van der Waals surface area contributed by atoms with E-state index in [-0.39, 0.29) is 29.6 Å². The number of hydrogen-bond donors (Lipinski definition) is 3. The first kappa shape index (κ1) is 22.8. The summed E-state index contributed by atoms with van der Waals surface area (Å²) in [6.07, 6.45) is 5.09. The third kappa shape index (κ3) is 4.81. The Hall–Kier alpha value is -3.98. The molecule has 2 aliphatic carbocycles. The molecule has 0 spiro atoms. The van der Waals surface area contributed by atoms with Crippen LogP contribution in [-0.2, 0) is 9.53 Å². The second-order valence-corrected chi connectivity index (χ2v) is 9.53. The quantitative estimate of drug-likeness (QED) is 0.434. The third-order valence-corrected chi connectivity index (χ3v) is 7.19. The molecule has 0 aliphatic heterocycles. The van der Waals surface area contributed by atoms with Gasteiger partial charge in [-0.05, 0) is 35.1 Å². The van der Waals surface area contributed by atoms with E-state index in [0.717, 1.165) is 33.6 Å². The molecule has 9 heteroatoms. The van der Waals surface area contributed by atoms with E-state index in [1.54, 1.807) is 12.2 Å². The topological polar surface area (TPSA) is 118 Å². The summed E-state index contributed by atoms with van der Waals surface area (Å²) < 4.78 is 5.52. The number of fused-ring (bicyclic) bond motifs is 3. The van der Waals surface area contributed by atoms with Crippen molar-refractivity contribution in [3.63, 3.8) is 0 Å². The Bertz CT molecular complexity index is 1270. The van der Waals surface area contributed by atoms with Gasteiger partial charge in [-0.15, -0.1) is 0 Å². The minimum absolute atomic E-state index is 0.0519. The van der Waals surface area contributed by atoms with Crippen LogP contribution in [-0.4, -0.2) is 40.7 Å². The summed E-state index contributed by atoms with van der Waals surface area (Å²) in [6, 6.07) is 15.8. The van der Waals surface area contributed by atoms with E-state index in [2.05, 4.69) is 27.8 Å². The van der Waals surface area contributed by atoms with Gasteiger partial charge in [0.15, 0.2) is 5.13 Å². The molecule has 1 heterocycles. The zero-order valence-corrected chi connectivity index (χ0v) is 19.5. The van der Waals surface area contributed by atoms with E-state index in [1.807, 2.05) is 36.4 Å². The van der Waals surface area contributed by atoms with Crippen LogP contribution in [0.3, 0.4) is 0 Å². The second-order valence-electron chi connectivity index (χ2n) is 8.49. The van der Waals surface area contributed by atoms with Gasteiger partial charge in [-0.25, -0.2) is 9.78 Å². The van der Waals surface area contributed by atoms with Crippen LogP contribution in [0.5, 0.6) is 0 Å². The van der Waals surface area contributed by atoms with Gasteiger partial charge >= 0.3 is 12.1 Å². The molecule has 3 N–H and O–H groups in total. The molecule has 5 rings (SSSR count). The molecule has 0 saturated heterocycles. The molecule has 0 fully saturated rings. The number of carboxylic acids is 1. The lowest BCUT2D eigenvalue weighted by molar-refractivity contribution is -0.142. The number of anilines is 1. The van der Waals surface area contributed by atoms with Crippen molar-refractivity contribution in [3.8, 4) is 11.1 Å². The molecule has 0 radical (unpaired) electrons. The van der Waals surface area contributed by atoms with Crippen LogP contribution in [0.2, 0.25) is 0 Å². The average Bonchev–Trinajstić information content (AvgIpc) is 3.46. The summed E-state index contributed by atoms with van der Waals surface area (Å²) in [7, 11) is 0. The van der Waals surface area contributed by atoms with Crippen molar-refractivity contribution >= 4 is 34.4 Å². The number of amides is 2. The minimum atomic E-state index is -0.874. The summed E-state index contributed by atoms with van der Waals surface area (Å²) in [4.78, 5) is 40.6. The van der Waals surface area contributed by atoms with Crippen molar-refractivity contribution in [2.45, 2.75) is 24.8 Å². The van der Waals surface area contributed by atoms with Crippen LogP contribution in [0, 0.1) is 5.92 Å². The van der Waals surface area contributed by atoms with Crippen LogP contribution in [0.15, 0.2) is 66.9 Å². The first-order valence-electron chi connectivity index (χ1n) is 11.3. The van der Waals surface area contributed by atoms with Crippen molar-refractivity contribution in [1.82, 2.24) is 10.3 Å². The van der Waals surface area contributed by atoms with Gasteiger partial charge in [0.25, 0.3) is 5.91 Å². The smallest absolute Gasteiger partial charge is 0.413 e. The molecule has 2 aromatic carbocycles. The number of carbonyl (C=O) groups excluding carboxylic acids is 2. The van der Waals surface area contributed by atoms with E-state index in [4.69, 9.17) is 4.74 Å². The van der Waals surface area contributed by atoms with E-state index >= 15 is 0 Å². The average molecular weight is 490 g/mol. The monoisotopic (exact) mass is 489 g/mol. The first-order chi connectivity index (χ1) is 17.0. The van der Waals surface area contributed by atoms with E-state index in [1.165, 1.54) is 6.20 Å². The highest BCUT2D eigenvalue weighted by Gasteiger charge is 2.29. The molecule has 2 unspecified atom stereocenters. The molecule has 178 valence electrons. The van der Waals surface area contributed by atoms with Crippen molar-refractivity contribution < 1.29 is 24.2 Å². The Morgan fingerprint density at radius 3 is 2.43 bits per heavy atom. The molecule has 35 heavy (non-hydrogen) atoms. The Morgan fingerprint density at radius 2 is 1.74 bits per heavy atom. The zero-order valence-electron chi connectivity index (χ0n) is 18.6. The molecule has 0 bridgehead atoms. The van der Waals surface area contributed by atoms with Crippen molar-refractivity contribution in [3.05, 3.63) is 82.9 Å². The maximum Gasteiger partial charge on any atom is 0.413 e. The number of aliphatic carboxylic acids is 1. The number of benzene rings is 2. The summed E-state index contributed by atoms with van der Waals surface area (Å²) in [5, 5.41) is 14.8. The molecular weight excluding hydrogens is 466 g/mol. The highest BCUT2D eigenvalue weighted by molar-refractivity contribution is 7.17. The van der Waals surface area contributed by atoms with E-state index < -0.39 is 18.0 Å². The number of rotatable bonds is 6. The van der Waals surface area contributed by atoms with Gasteiger partial charge in [-0.1, -0.05) is 72.0 Å². The Kier molecular flexibility index (Phi) is 6.33. The van der Waals surface area contributed by atoms with Crippen LogP contribution in [0.1, 0.15) is 39.6 Å². The summed E-state index contributed by atoms with van der Waals surface area (Å²) in [6.45, 7) is 0.178. The number of aromatic nitrogens is 1. The fourth-order valence-corrected chi connectivity index (χ4v) is 5.30. The standard InChI is InChI=1S/C26H23N3O5S/c30-23(28-16-7-5-6-15(12-16)24(31)32)22-13-27-25(35-22)29-26(33)34-14-21-19-10-3-1-8-17(19)18-9-2-4-11-20(18)21/h1-5,7-11,13,15-16,21H,6,12,14H2,(H,28,30)(H,31,32)(H,27,29,33). The zero-order chi connectivity index (χ0) is 24.4. The summed E-state index contributed by atoms with van der Waals surface area (Å²) in [5.74, 6) is -1.81. The number of nitrogens with zero attached hydrogens (tertiary/aromatic N) is 1. The van der Waals surface area contributed by atoms with Crippen LogP contribution in [0.4, 0.5) is 9.93 Å². The highest BCUT2D eigenvalue weighted by Crippen LogP contribution is 2.44. The van der Waals surface area contributed by atoms with Crippen molar-refractivity contribution in [2.24, 2.45) is 5.92 Å². The van der Waals surface area contributed by atoms with Gasteiger partial charge in [0, 0.05) is 12.0 Å². The lowest BCUT2D eigenvalue weighted by Crippen LogP contribution is -2.37. The predicted octanol–water partition coefficient (Wildman–Crippen LogP) is 4.65. The fraction of sp³-hybridized carbons (Fsp3) is 0.231. The number of hydrogen-bond acceptors (Lipinski definition) is 6. The van der Waals surface area contributed by atoms with Crippen LogP contribution >= 0.6 is 11.3 Å². The van der Waals surface area contributed by atoms with E-state index in [0.29, 0.717) is 17.7 Å². The maximum atomic E-state index is 12.6. The normalized spacial score (nSPS) is 18.4. The summed E-state index contributed by atoms with van der Waals surface area (Å²) >= 11 is 1.02. The Balaban J connectivity index is 1.17. The maximum absolute atomic E-state index is 12.6. The SMILES string of the molecule is O=C(Nc1ncc(C(=O)NC2C=CCC(C(=O)O)C2)s1)OCC1c2ccccc2-c2ccccc21. The molecule has 2 aliphatic rings. The predicted molar refractivity (Wildman–Crippen MR) is 132 cm³/mol. The van der Waals surface area contributed by atoms with Crippen molar-refractivity contribution in [1.29, 1.82) is 0 Å². The van der Waals surface area contributed by atoms with Gasteiger partial charge in [-0.3, -0.25) is 14.9 Å². The lowest BCUT2D eigenvalue weighted by Gasteiger charge is -2.22. The summed E-state index contributed by atoms with van der Waals surface area (Å²) in [5.41, 5.74) is 4.54. The number of nitrogens with one attached hydrogen (secondary N) is 2. The van der Waals surface area contributed by atoms with Gasteiger partial charge in [-0.2, -0.15) is 0 Å². The van der Waals surface area contributed by atoms with Crippen LogP contribution < -0.4 is 10.6 Å². The number of carbonyl (C=O) groups is 3. The van der Waals surface area contributed by atoms with Gasteiger partial charge in [0.1, 0.15) is 11.5 Å². The molecule has 2 atom stereocenters. The van der Waals surface area contributed by atoms with Crippen molar-refractivity contribution in [2.75, 3.05) is 11.9 Å². The molecule has 3 aromatic rings. The molecule has 8 nitrogen and oxygen atoms in total. The third-order valence-electron chi connectivity index (χ3n) is 6.28. The molecular formula is C26H23N3O5S. The number of allylic oxidation sites excluding steroid dienone is 1. The van der Waals surface area contributed by atoms with Gasteiger partial charge in [0.2, 0.25) is 0 Å². The van der Waals surface area contributed by atoms with Gasteiger partial charge in [0.05, 0.1) is 12.1 Å².